The number of hydrogen-bond acceptors (Lipinski definition) is 2. The molecule has 4 heteroatoms. The number of nitrogens with two attached hydrogens (primary N) is 1. The Morgan fingerprint density at radius 2 is 2.00 bits per heavy atom. The van der Waals surface area contributed by atoms with E-state index in [4.69, 9.17) is 10.5 Å². The maximum absolute atomic E-state index is 13.9. The van der Waals surface area contributed by atoms with Crippen LogP contribution in [0.5, 0.6) is 5.75 Å². The number of ether oxygens (including phenoxy) is 1. The van der Waals surface area contributed by atoms with Crippen LogP contribution in [0.4, 0.5) is 4.39 Å². The minimum absolute atomic E-state index is 0.187. The lowest BCUT2D eigenvalue weighted by atomic mass is 9.92. The van der Waals surface area contributed by atoms with E-state index in [0.717, 1.165) is 22.2 Å². The zero-order valence-electron chi connectivity index (χ0n) is 12.0. The molecule has 2 aromatic carbocycles. The average molecular weight is 352 g/mol. The molecule has 0 saturated carbocycles. The van der Waals surface area contributed by atoms with Gasteiger partial charge in [0.25, 0.3) is 0 Å². The highest BCUT2D eigenvalue weighted by molar-refractivity contribution is 9.10. The van der Waals surface area contributed by atoms with E-state index >= 15 is 0 Å². The summed E-state index contributed by atoms with van der Waals surface area (Å²) >= 11 is 3.27. The fraction of sp³-hybridized carbons (Fsp3) is 0.294. The van der Waals surface area contributed by atoms with Crippen molar-refractivity contribution in [1.29, 1.82) is 0 Å². The van der Waals surface area contributed by atoms with Gasteiger partial charge in [-0.25, -0.2) is 4.39 Å². The molecule has 0 aliphatic rings. The predicted octanol–water partition coefficient (Wildman–Crippen LogP) is 3.96. The van der Waals surface area contributed by atoms with Crippen molar-refractivity contribution >= 4 is 15.9 Å². The lowest BCUT2D eigenvalue weighted by Gasteiger charge is -2.16. The van der Waals surface area contributed by atoms with Crippen LogP contribution in [0.25, 0.3) is 0 Å². The smallest absolute Gasteiger partial charge is 0.127 e. The van der Waals surface area contributed by atoms with Gasteiger partial charge in [0.05, 0.1) is 7.11 Å². The molecule has 21 heavy (non-hydrogen) atoms. The number of methoxy groups -OCH3 is 1. The first kappa shape index (κ1) is 16.0. The molecule has 0 aliphatic heterocycles. The van der Waals surface area contributed by atoms with E-state index in [1.54, 1.807) is 7.11 Å². The molecule has 0 radical (unpaired) electrons. The fourth-order valence-corrected chi connectivity index (χ4v) is 2.70. The van der Waals surface area contributed by atoms with E-state index < -0.39 is 0 Å². The number of rotatable bonds is 6. The van der Waals surface area contributed by atoms with Gasteiger partial charge in [-0.05, 0) is 60.7 Å². The molecule has 2 rings (SSSR count). The molecule has 0 fully saturated rings. The van der Waals surface area contributed by atoms with Crippen LogP contribution >= 0.6 is 15.9 Å². The van der Waals surface area contributed by atoms with E-state index in [1.807, 2.05) is 36.4 Å². The summed E-state index contributed by atoms with van der Waals surface area (Å²) in [6.07, 6.45) is 1.44. The Morgan fingerprint density at radius 3 is 2.67 bits per heavy atom. The summed E-state index contributed by atoms with van der Waals surface area (Å²) in [6.45, 7) is 0.521. The van der Waals surface area contributed by atoms with Crippen molar-refractivity contribution in [2.75, 3.05) is 13.7 Å². The zero-order valence-corrected chi connectivity index (χ0v) is 13.6. The molecule has 0 spiro atoms. The van der Waals surface area contributed by atoms with Crippen LogP contribution in [0.2, 0.25) is 0 Å². The summed E-state index contributed by atoms with van der Waals surface area (Å²) in [5.41, 5.74) is 7.72. The Kier molecular flexibility index (Phi) is 5.76. The van der Waals surface area contributed by atoms with Crippen LogP contribution < -0.4 is 10.5 Å². The average Bonchev–Trinajstić information content (AvgIpc) is 2.49. The van der Waals surface area contributed by atoms with E-state index in [2.05, 4.69) is 15.9 Å². The molecule has 2 N–H and O–H groups in total. The predicted molar refractivity (Wildman–Crippen MR) is 87.0 cm³/mol. The first-order chi connectivity index (χ1) is 10.1. The van der Waals surface area contributed by atoms with Gasteiger partial charge in [-0.3, -0.25) is 0 Å². The molecule has 0 amide bonds. The van der Waals surface area contributed by atoms with Crippen LogP contribution in [-0.4, -0.2) is 13.7 Å². The molecule has 0 aromatic heterocycles. The minimum Gasteiger partial charge on any atom is -0.497 e. The molecular formula is C17H19BrFNO. The van der Waals surface area contributed by atoms with Gasteiger partial charge in [0, 0.05) is 4.47 Å². The van der Waals surface area contributed by atoms with Gasteiger partial charge in [0.1, 0.15) is 11.6 Å². The highest BCUT2D eigenvalue weighted by atomic mass is 79.9. The maximum atomic E-state index is 13.9. The number of hydrogen-bond donors (Lipinski definition) is 1. The fourth-order valence-electron chi connectivity index (χ4n) is 2.37. The molecule has 0 heterocycles. The van der Waals surface area contributed by atoms with Gasteiger partial charge in [0.15, 0.2) is 0 Å². The van der Waals surface area contributed by atoms with Gasteiger partial charge in [-0.15, -0.1) is 0 Å². The molecule has 0 saturated heterocycles. The third kappa shape index (κ3) is 4.55. The summed E-state index contributed by atoms with van der Waals surface area (Å²) < 4.78 is 19.9. The van der Waals surface area contributed by atoms with Crippen LogP contribution in [0.3, 0.4) is 0 Å². The molecule has 2 aromatic rings. The summed E-state index contributed by atoms with van der Waals surface area (Å²) in [5.74, 6) is 0.847. The van der Waals surface area contributed by atoms with E-state index in [-0.39, 0.29) is 11.7 Å². The largest absolute Gasteiger partial charge is 0.497 e. The SMILES string of the molecule is COc1cccc(CC(CN)Cc2ccc(Br)cc2F)c1. The number of benzene rings is 2. The van der Waals surface area contributed by atoms with E-state index in [0.29, 0.717) is 18.5 Å². The Labute approximate surface area is 133 Å². The third-order valence-electron chi connectivity index (χ3n) is 3.52. The molecule has 1 atom stereocenters. The maximum Gasteiger partial charge on any atom is 0.127 e. The number of halogens is 2. The van der Waals surface area contributed by atoms with Gasteiger partial charge in [-0.1, -0.05) is 34.1 Å². The van der Waals surface area contributed by atoms with Crippen LogP contribution in [0.1, 0.15) is 11.1 Å². The van der Waals surface area contributed by atoms with Crippen molar-refractivity contribution in [2.24, 2.45) is 11.7 Å². The minimum atomic E-state index is -0.187. The van der Waals surface area contributed by atoms with Gasteiger partial charge in [-0.2, -0.15) is 0 Å². The second-order valence-electron chi connectivity index (χ2n) is 5.10. The summed E-state index contributed by atoms with van der Waals surface area (Å²) in [5, 5.41) is 0. The Bertz CT molecular complexity index is 603. The lowest BCUT2D eigenvalue weighted by molar-refractivity contribution is 0.413. The van der Waals surface area contributed by atoms with Crippen molar-refractivity contribution in [3.63, 3.8) is 0 Å². The quantitative estimate of drug-likeness (QED) is 0.854. The van der Waals surface area contributed by atoms with Crippen molar-refractivity contribution in [1.82, 2.24) is 0 Å². The normalized spacial score (nSPS) is 12.2. The second-order valence-corrected chi connectivity index (χ2v) is 6.01. The van der Waals surface area contributed by atoms with E-state index in [9.17, 15) is 4.39 Å². The molecule has 2 nitrogen and oxygen atoms in total. The van der Waals surface area contributed by atoms with Crippen LogP contribution in [0, 0.1) is 11.7 Å². The highest BCUT2D eigenvalue weighted by Crippen LogP contribution is 2.21. The highest BCUT2D eigenvalue weighted by Gasteiger charge is 2.12. The van der Waals surface area contributed by atoms with E-state index in [1.165, 1.54) is 6.07 Å². The van der Waals surface area contributed by atoms with Crippen LogP contribution in [-0.2, 0) is 12.8 Å². The third-order valence-corrected chi connectivity index (χ3v) is 4.01. The van der Waals surface area contributed by atoms with Gasteiger partial charge < -0.3 is 10.5 Å². The molecule has 0 bridgehead atoms. The van der Waals surface area contributed by atoms with Crippen molar-refractivity contribution in [3.8, 4) is 5.75 Å². The molecule has 1 unspecified atom stereocenters. The molecule has 112 valence electrons. The molecular weight excluding hydrogens is 333 g/mol. The topological polar surface area (TPSA) is 35.2 Å². The Balaban J connectivity index is 2.09. The van der Waals surface area contributed by atoms with Crippen molar-refractivity contribution in [3.05, 3.63) is 63.9 Å². The molecule has 0 aliphatic carbocycles. The summed E-state index contributed by atoms with van der Waals surface area (Å²) in [4.78, 5) is 0. The van der Waals surface area contributed by atoms with Crippen molar-refractivity contribution in [2.45, 2.75) is 12.8 Å². The summed E-state index contributed by atoms with van der Waals surface area (Å²) in [7, 11) is 1.65. The standard InChI is InChI=1S/C17H19BrFNO/c1-21-16-4-2-3-12(9-16)7-13(11-20)8-14-5-6-15(18)10-17(14)19/h2-6,9-10,13H,7-8,11,20H2,1H3. The first-order valence-corrected chi connectivity index (χ1v) is 7.68. The monoisotopic (exact) mass is 351 g/mol. The second kappa shape index (κ2) is 7.57. The van der Waals surface area contributed by atoms with Gasteiger partial charge >= 0.3 is 0 Å². The van der Waals surface area contributed by atoms with Gasteiger partial charge in [0.2, 0.25) is 0 Å². The van der Waals surface area contributed by atoms with Crippen molar-refractivity contribution < 1.29 is 9.13 Å². The van der Waals surface area contributed by atoms with Crippen LogP contribution in [0.15, 0.2) is 46.9 Å². The first-order valence-electron chi connectivity index (χ1n) is 6.89. The Hall–Kier alpha value is -1.39. The summed E-state index contributed by atoms with van der Waals surface area (Å²) in [6, 6.07) is 13.1. The zero-order chi connectivity index (χ0) is 15.2. The Morgan fingerprint density at radius 1 is 1.19 bits per heavy atom. The lowest BCUT2D eigenvalue weighted by Crippen LogP contribution is -2.20.